The van der Waals surface area contributed by atoms with Crippen LogP contribution >= 0.6 is 11.6 Å². The Morgan fingerprint density at radius 1 is 1.20 bits per heavy atom. The van der Waals surface area contributed by atoms with E-state index in [4.69, 9.17) is 16.3 Å². The first-order chi connectivity index (χ1) is 11.7. The van der Waals surface area contributed by atoms with Crippen LogP contribution in [0, 0.1) is 0 Å². The first-order valence-electron chi connectivity index (χ1n) is 8.41. The Morgan fingerprint density at radius 2 is 1.84 bits per heavy atom. The number of piperazine rings is 1. The quantitative estimate of drug-likeness (QED) is 0.796. The number of rotatable bonds is 3. The van der Waals surface area contributed by atoms with Gasteiger partial charge in [0.05, 0.1) is 23.7 Å². The van der Waals surface area contributed by atoms with E-state index in [1.165, 1.54) is 0 Å². The summed E-state index contributed by atoms with van der Waals surface area (Å²) in [6.07, 6.45) is -0.649. The molecule has 1 amide bonds. The van der Waals surface area contributed by atoms with Gasteiger partial charge in [-0.25, -0.2) is 13.2 Å². The predicted octanol–water partition coefficient (Wildman–Crippen LogP) is 2.17. The van der Waals surface area contributed by atoms with Crippen molar-refractivity contribution in [3.05, 3.63) is 34.9 Å². The van der Waals surface area contributed by atoms with Gasteiger partial charge in [0.2, 0.25) is 0 Å². The molecule has 1 aromatic rings. The van der Waals surface area contributed by atoms with Crippen molar-refractivity contribution in [3.8, 4) is 0 Å². The predicted molar refractivity (Wildman–Crippen MR) is 96.4 cm³/mol. The third-order valence-electron chi connectivity index (χ3n) is 4.66. The van der Waals surface area contributed by atoms with Crippen LogP contribution in [0.25, 0.3) is 0 Å². The van der Waals surface area contributed by atoms with E-state index in [2.05, 4.69) is 4.90 Å². The first kappa shape index (κ1) is 18.5. The lowest BCUT2D eigenvalue weighted by Crippen LogP contribution is -2.60. The maximum absolute atomic E-state index is 12.3. The van der Waals surface area contributed by atoms with Gasteiger partial charge in [-0.15, -0.1) is 0 Å². The number of carbonyl (C=O) groups excluding carboxylic acids is 1. The lowest BCUT2D eigenvalue weighted by Gasteiger charge is -2.43. The van der Waals surface area contributed by atoms with Gasteiger partial charge < -0.3 is 9.64 Å². The molecule has 2 fully saturated rings. The summed E-state index contributed by atoms with van der Waals surface area (Å²) in [7, 11) is -3.17. The van der Waals surface area contributed by atoms with Gasteiger partial charge in [0, 0.05) is 30.7 Å². The molecule has 0 aromatic heterocycles. The highest BCUT2D eigenvalue weighted by atomic mass is 35.5. The Morgan fingerprint density at radius 3 is 2.48 bits per heavy atom. The normalized spacial score (nSPS) is 25.8. The Kier molecular flexibility index (Phi) is 5.27. The average Bonchev–Trinajstić information content (AvgIpc) is 2.84. The van der Waals surface area contributed by atoms with Gasteiger partial charge in [-0.1, -0.05) is 23.7 Å². The topological polar surface area (TPSA) is 66.9 Å². The second-order valence-corrected chi connectivity index (χ2v) is 9.52. The summed E-state index contributed by atoms with van der Waals surface area (Å²) in [6.45, 7) is 5.30. The van der Waals surface area contributed by atoms with Gasteiger partial charge in [-0.05, 0) is 31.5 Å². The highest BCUT2D eigenvalue weighted by Gasteiger charge is 2.48. The van der Waals surface area contributed by atoms with Crippen LogP contribution in [0.15, 0.2) is 24.3 Å². The summed E-state index contributed by atoms with van der Waals surface area (Å²) in [5.74, 6) is 0.0820. The van der Waals surface area contributed by atoms with Crippen molar-refractivity contribution < 1.29 is 17.9 Å². The van der Waals surface area contributed by atoms with Crippen molar-refractivity contribution in [2.45, 2.75) is 38.6 Å². The van der Waals surface area contributed by atoms with E-state index >= 15 is 0 Å². The maximum Gasteiger partial charge on any atom is 0.410 e. The van der Waals surface area contributed by atoms with E-state index in [1.807, 2.05) is 24.3 Å². The van der Waals surface area contributed by atoms with E-state index in [0.29, 0.717) is 24.7 Å². The van der Waals surface area contributed by atoms with E-state index in [0.717, 1.165) is 5.56 Å². The fraction of sp³-hybridized carbons (Fsp3) is 0.588. The summed E-state index contributed by atoms with van der Waals surface area (Å²) in [6, 6.07) is 7.00. The van der Waals surface area contributed by atoms with Crippen LogP contribution in [0.2, 0.25) is 5.02 Å². The van der Waals surface area contributed by atoms with Crippen molar-refractivity contribution in [1.82, 2.24) is 9.80 Å². The Hall–Kier alpha value is -1.31. The third-order valence-corrected chi connectivity index (χ3v) is 6.61. The van der Waals surface area contributed by atoms with Crippen molar-refractivity contribution in [1.29, 1.82) is 0 Å². The summed E-state index contributed by atoms with van der Waals surface area (Å²) >= 11 is 5.93. The fourth-order valence-electron chi connectivity index (χ4n) is 3.54. The number of benzene rings is 1. The zero-order valence-corrected chi connectivity index (χ0v) is 16.0. The number of sulfone groups is 1. The number of carbonyl (C=O) groups is 1. The van der Waals surface area contributed by atoms with Gasteiger partial charge in [-0.2, -0.15) is 0 Å². The molecule has 2 aliphatic rings. The highest BCUT2D eigenvalue weighted by Crippen LogP contribution is 2.29. The van der Waals surface area contributed by atoms with Crippen LogP contribution in [0.1, 0.15) is 19.4 Å². The molecule has 3 rings (SSSR count). The SMILES string of the molecule is CC(C)OC(=O)N1CCN(Cc2ccc(Cl)cc2)[C@H]2CS(=O)(=O)C[C@H]21. The number of hydrogen-bond donors (Lipinski definition) is 0. The Labute approximate surface area is 153 Å². The number of amides is 1. The largest absolute Gasteiger partial charge is 0.447 e. The van der Waals surface area contributed by atoms with Crippen molar-refractivity contribution >= 4 is 27.5 Å². The molecule has 0 saturated carbocycles. The van der Waals surface area contributed by atoms with Gasteiger partial charge in [0.25, 0.3) is 0 Å². The molecule has 2 atom stereocenters. The minimum atomic E-state index is -3.17. The molecule has 0 spiro atoms. The van der Waals surface area contributed by atoms with Crippen LogP contribution in [0.5, 0.6) is 0 Å². The Balaban J connectivity index is 1.78. The molecule has 0 radical (unpaired) electrons. The monoisotopic (exact) mass is 386 g/mol. The second-order valence-electron chi connectivity index (χ2n) is 6.93. The molecular weight excluding hydrogens is 364 g/mol. The molecule has 25 heavy (non-hydrogen) atoms. The molecular formula is C17H23ClN2O4S. The highest BCUT2D eigenvalue weighted by molar-refractivity contribution is 7.91. The van der Waals surface area contributed by atoms with Crippen LogP contribution in [0.4, 0.5) is 4.79 Å². The zero-order valence-electron chi connectivity index (χ0n) is 14.4. The van der Waals surface area contributed by atoms with Crippen molar-refractivity contribution in [3.63, 3.8) is 0 Å². The average molecular weight is 387 g/mol. The molecule has 0 aliphatic carbocycles. The lowest BCUT2D eigenvalue weighted by atomic mass is 10.0. The number of ether oxygens (including phenoxy) is 1. The molecule has 2 aliphatic heterocycles. The van der Waals surface area contributed by atoms with Crippen molar-refractivity contribution in [2.24, 2.45) is 0 Å². The molecule has 8 heteroatoms. The molecule has 0 unspecified atom stereocenters. The van der Waals surface area contributed by atoms with Crippen LogP contribution in [0.3, 0.4) is 0 Å². The molecule has 138 valence electrons. The van der Waals surface area contributed by atoms with Crippen molar-refractivity contribution in [2.75, 3.05) is 24.6 Å². The van der Waals surface area contributed by atoms with E-state index in [1.54, 1.807) is 18.7 Å². The van der Waals surface area contributed by atoms with E-state index in [9.17, 15) is 13.2 Å². The fourth-order valence-corrected chi connectivity index (χ4v) is 5.68. The van der Waals surface area contributed by atoms with Gasteiger partial charge in [0.15, 0.2) is 9.84 Å². The number of halogens is 1. The minimum Gasteiger partial charge on any atom is -0.447 e. The van der Waals surface area contributed by atoms with E-state index in [-0.39, 0.29) is 29.7 Å². The molecule has 1 aromatic carbocycles. The van der Waals surface area contributed by atoms with Crippen LogP contribution < -0.4 is 0 Å². The molecule has 6 nitrogen and oxygen atoms in total. The molecule has 0 N–H and O–H groups in total. The summed E-state index contributed by atoms with van der Waals surface area (Å²) in [5.41, 5.74) is 1.07. The Bertz CT molecular complexity index is 736. The number of fused-ring (bicyclic) bond motifs is 1. The number of nitrogens with zero attached hydrogens (tertiary/aromatic N) is 2. The molecule has 0 bridgehead atoms. The van der Waals surface area contributed by atoms with Gasteiger partial charge in [0.1, 0.15) is 0 Å². The molecule has 2 saturated heterocycles. The van der Waals surface area contributed by atoms with Crippen LogP contribution in [-0.2, 0) is 21.1 Å². The summed E-state index contributed by atoms with van der Waals surface area (Å²) in [5, 5.41) is 0.673. The first-order valence-corrected chi connectivity index (χ1v) is 10.6. The van der Waals surface area contributed by atoms with E-state index < -0.39 is 15.9 Å². The summed E-state index contributed by atoms with van der Waals surface area (Å²) in [4.78, 5) is 16.1. The minimum absolute atomic E-state index is 0.00196. The summed E-state index contributed by atoms with van der Waals surface area (Å²) < 4.78 is 29.7. The van der Waals surface area contributed by atoms with Crippen LogP contribution in [-0.4, -0.2) is 67.1 Å². The molecule has 2 heterocycles. The standard InChI is InChI=1S/C17H23ClN2O4S/c1-12(2)24-17(21)20-8-7-19(9-13-3-5-14(18)6-4-13)15-10-25(22,23)11-16(15)20/h3-6,12,15-16H,7-11H2,1-2H3/t15-,16+/m0/s1. The second kappa shape index (κ2) is 7.13. The smallest absolute Gasteiger partial charge is 0.410 e. The third kappa shape index (κ3) is 4.27. The lowest BCUT2D eigenvalue weighted by molar-refractivity contribution is 0.0163. The van der Waals surface area contributed by atoms with Gasteiger partial charge >= 0.3 is 6.09 Å². The zero-order chi connectivity index (χ0) is 18.2. The number of hydrogen-bond acceptors (Lipinski definition) is 5. The maximum atomic E-state index is 12.3. The van der Waals surface area contributed by atoms with Gasteiger partial charge in [-0.3, -0.25) is 4.90 Å².